The number of carbonyl (C=O) groups excluding carboxylic acids is 2. The number of amides is 1. The fourth-order valence-electron chi connectivity index (χ4n) is 1.39. The van der Waals surface area contributed by atoms with Crippen LogP contribution < -0.4 is 11.1 Å². The molecule has 21 heavy (non-hydrogen) atoms. The molecule has 0 aliphatic heterocycles. The highest BCUT2D eigenvalue weighted by Gasteiger charge is 2.13. The lowest BCUT2D eigenvalue weighted by molar-refractivity contribution is -0.138. The third-order valence-electron chi connectivity index (χ3n) is 2.47. The zero-order valence-electron chi connectivity index (χ0n) is 11.2. The minimum absolute atomic E-state index is 0. The van der Waals surface area contributed by atoms with Gasteiger partial charge in [0.2, 0.25) is 0 Å². The summed E-state index contributed by atoms with van der Waals surface area (Å²) in [6, 6.07) is 7.15. The highest BCUT2D eigenvalue weighted by atomic mass is 35.5. The maximum absolute atomic E-state index is 11.5. The summed E-state index contributed by atoms with van der Waals surface area (Å²) in [6.07, 6.45) is -0.271. The standard InChI is InChI=1S/C13H16N2O5.ClH/c14-10(11(16)17)7-4-8-15-13(19)20-12(18)9-5-2-1-3-6-9;/h1-3,5-6,10H,4,7-8,14H2,(H,15,19)(H,16,17);1H/t10-;/m1./s1. The zero-order chi connectivity index (χ0) is 15.0. The van der Waals surface area contributed by atoms with Gasteiger partial charge in [-0.2, -0.15) is 0 Å². The van der Waals surface area contributed by atoms with E-state index in [0.717, 1.165) is 0 Å². The van der Waals surface area contributed by atoms with Crippen LogP contribution >= 0.6 is 12.4 Å². The van der Waals surface area contributed by atoms with E-state index in [0.29, 0.717) is 6.42 Å². The molecule has 1 atom stereocenters. The van der Waals surface area contributed by atoms with Gasteiger partial charge in [-0.15, -0.1) is 12.4 Å². The molecule has 0 fully saturated rings. The first-order chi connectivity index (χ1) is 9.50. The van der Waals surface area contributed by atoms with E-state index in [1.165, 1.54) is 12.1 Å². The highest BCUT2D eigenvalue weighted by molar-refractivity contribution is 5.96. The Bertz CT molecular complexity index is 481. The van der Waals surface area contributed by atoms with Crippen LogP contribution in [-0.4, -0.2) is 35.7 Å². The van der Waals surface area contributed by atoms with Gasteiger partial charge in [0.05, 0.1) is 5.56 Å². The van der Waals surface area contributed by atoms with Crippen molar-refractivity contribution in [3.05, 3.63) is 35.9 Å². The third kappa shape index (κ3) is 7.28. The van der Waals surface area contributed by atoms with Gasteiger partial charge in [0.15, 0.2) is 0 Å². The van der Waals surface area contributed by atoms with E-state index in [4.69, 9.17) is 10.8 Å². The van der Waals surface area contributed by atoms with Gasteiger partial charge in [-0.05, 0) is 25.0 Å². The summed E-state index contributed by atoms with van der Waals surface area (Å²) in [5.41, 5.74) is 5.57. The molecule has 1 rings (SSSR count). The van der Waals surface area contributed by atoms with Crippen LogP contribution in [0, 0.1) is 0 Å². The predicted octanol–water partition coefficient (Wildman–Crippen LogP) is 1.17. The predicted molar refractivity (Wildman–Crippen MR) is 77.3 cm³/mol. The van der Waals surface area contributed by atoms with Gasteiger partial charge in [0.1, 0.15) is 6.04 Å². The number of nitrogens with one attached hydrogen (secondary N) is 1. The van der Waals surface area contributed by atoms with E-state index in [1.807, 2.05) is 0 Å². The molecular formula is C13H17ClN2O5. The zero-order valence-corrected chi connectivity index (χ0v) is 12.0. The Balaban J connectivity index is 0.00000400. The van der Waals surface area contributed by atoms with Crippen molar-refractivity contribution in [3.63, 3.8) is 0 Å². The molecular weight excluding hydrogens is 300 g/mol. The van der Waals surface area contributed by atoms with E-state index < -0.39 is 24.1 Å². The van der Waals surface area contributed by atoms with Crippen molar-refractivity contribution in [2.75, 3.05) is 6.54 Å². The Morgan fingerprint density at radius 2 is 1.86 bits per heavy atom. The van der Waals surface area contributed by atoms with Gasteiger partial charge in [-0.1, -0.05) is 18.2 Å². The second-order valence-electron chi connectivity index (χ2n) is 4.06. The van der Waals surface area contributed by atoms with Crippen molar-refractivity contribution in [1.29, 1.82) is 0 Å². The highest BCUT2D eigenvalue weighted by Crippen LogP contribution is 2.01. The van der Waals surface area contributed by atoms with Crippen LogP contribution in [0.2, 0.25) is 0 Å². The van der Waals surface area contributed by atoms with Crippen LogP contribution in [0.1, 0.15) is 23.2 Å². The lowest BCUT2D eigenvalue weighted by Crippen LogP contribution is -2.32. The molecule has 1 amide bonds. The molecule has 0 saturated carbocycles. The molecule has 1 aromatic carbocycles. The van der Waals surface area contributed by atoms with Crippen LogP contribution in [-0.2, 0) is 9.53 Å². The lowest BCUT2D eigenvalue weighted by Gasteiger charge is -2.07. The molecule has 0 heterocycles. The number of carboxylic acid groups (broad SMARTS) is 1. The first kappa shape index (κ1) is 18.9. The third-order valence-corrected chi connectivity index (χ3v) is 2.47. The first-order valence-corrected chi connectivity index (χ1v) is 6.04. The fourth-order valence-corrected chi connectivity index (χ4v) is 1.39. The number of nitrogens with two attached hydrogens (primary N) is 1. The second-order valence-corrected chi connectivity index (χ2v) is 4.06. The van der Waals surface area contributed by atoms with E-state index in [-0.39, 0.29) is 30.9 Å². The molecule has 0 saturated heterocycles. The Morgan fingerprint density at radius 3 is 2.43 bits per heavy atom. The number of rotatable bonds is 6. The summed E-state index contributed by atoms with van der Waals surface area (Å²) < 4.78 is 4.55. The molecule has 0 radical (unpaired) electrons. The molecule has 116 valence electrons. The van der Waals surface area contributed by atoms with Crippen molar-refractivity contribution in [1.82, 2.24) is 5.32 Å². The summed E-state index contributed by atoms with van der Waals surface area (Å²) in [5.74, 6) is -1.84. The van der Waals surface area contributed by atoms with Gasteiger partial charge >= 0.3 is 18.0 Å². The van der Waals surface area contributed by atoms with Gasteiger partial charge in [-0.25, -0.2) is 9.59 Å². The number of esters is 1. The number of hydrogen-bond donors (Lipinski definition) is 3. The lowest BCUT2D eigenvalue weighted by atomic mass is 10.2. The molecule has 0 unspecified atom stereocenters. The molecule has 0 spiro atoms. The van der Waals surface area contributed by atoms with Crippen molar-refractivity contribution in [2.24, 2.45) is 5.73 Å². The van der Waals surface area contributed by atoms with E-state index >= 15 is 0 Å². The quantitative estimate of drug-likeness (QED) is 0.412. The average molecular weight is 317 g/mol. The van der Waals surface area contributed by atoms with Crippen LogP contribution in [0.4, 0.5) is 4.79 Å². The fraction of sp³-hybridized carbons (Fsp3) is 0.308. The number of halogens is 1. The maximum atomic E-state index is 11.5. The minimum atomic E-state index is -1.09. The van der Waals surface area contributed by atoms with Crippen LogP contribution in [0.15, 0.2) is 30.3 Å². The summed E-state index contributed by atoms with van der Waals surface area (Å²) in [6.45, 7) is 0.182. The Kier molecular flexibility index (Phi) is 8.75. The molecule has 1 aromatic rings. The smallest absolute Gasteiger partial charge is 0.415 e. The van der Waals surface area contributed by atoms with E-state index in [9.17, 15) is 14.4 Å². The molecule has 8 heteroatoms. The number of carbonyl (C=O) groups is 3. The number of carboxylic acids is 1. The van der Waals surface area contributed by atoms with Crippen molar-refractivity contribution < 1.29 is 24.2 Å². The normalized spacial score (nSPS) is 10.9. The van der Waals surface area contributed by atoms with Crippen LogP contribution in [0.5, 0.6) is 0 Å². The summed E-state index contributed by atoms with van der Waals surface area (Å²) >= 11 is 0. The number of ether oxygens (including phenoxy) is 1. The molecule has 0 aliphatic carbocycles. The van der Waals surface area contributed by atoms with Crippen LogP contribution in [0.3, 0.4) is 0 Å². The van der Waals surface area contributed by atoms with Crippen LogP contribution in [0.25, 0.3) is 0 Å². The number of benzene rings is 1. The van der Waals surface area contributed by atoms with Crippen molar-refractivity contribution in [2.45, 2.75) is 18.9 Å². The average Bonchev–Trinajstić information content (AvgIpc) is 2.44. The maximum Gasteiger partial charge on any atom is 0.415 e. The van der Waals surface area contributed by atoms with Gasteiger partial charge in [-0.3, -0.25) is 4.79 Å². The van der Waals surface area contributed by atoms with Gasteiger partial charge < -0.3 is 20.9 Å². The Hall–Kier alpha value is -2.12. The molecule has 0 aromatic heterocycles. The number of hydrogen-bond acceptors (Lipinski definition) is 5. The summed E-state index contributed by atoms with van der Waals surface area (Å²) in [5, 5.41) is 10.9. The number of alkyl carbamates (subject to hydrolysis) is 1. The molecule has 0 aliphatic rings. The number of aliphatic carboxylic acids is 1. The Morgan fingerprint density at radius 1 is 1.24 bits per heavy atom. The van der Waals surface area contributed by atoms with Gasteiger partial charge in [0.25, 0.3) is 0 Å². The molecule has 7 nitrogen and oxygen atoms in total. The first-order valence-electron chi connectivity index (χ1n) is 6.04. The summed E-state index contributed by atoms with van der Waals surface area (Å²) in [7, 11) is 0. The van der Waals surface area contributed by atoms with Gasteiger partial charge in [0, 0.05) is 6.54 Å². The van der Waals surface area contributed by atoms with Crippen molar-refractivity contribution >= 4 is 30.4 Å². The molecule has 4 N–H and O–H groups in total. The largest absolute Gasteiger partial charge is 0.480 e. The van der Waals surface area contributed by atoms with E-state index in [2.05, 4.69) is 10.1 Å². The van der Waals surface area contributed by atoms with E-state index in [1.54, 1.807) is 18.2 Å². The SMILES string of the molecule is Cl.N[C@H](CCCNC(=O)OC(=O)c1ccccc1)C(=O)O. The molecule has 0 bridgehead atoms. The topological polar surface area (TPSA) is 119 Å². The minimum Gasteiger partial charge on any atom is -0.480 e. The monoisotopic (exact) mass is 316 g/mol. The summed E-state index contributed by atoms with van der Waals surface area (Å²) in [4.78, 5) is 33.3. The van der Waals surface area contributed by atoms with Crippen molar-refractivity contribution in [3.8, 4) is 0 Å². The second kappa shape index (κ2) is 9.73. The Labute approximate surface area is 127 Å².